The Balaban J connectivity index is 1.49. The lowest BCUT2D eigenvalue weighted by Crippen LogP contribution is -2.09. The molecule has 3 rings (SSSR count). The van der Waals surface area contributed by atoms with Gasteiger partial charge in [-0.1, -0.05) is 71.6 Å². The van der Waals surface area contributed by atoms with Crippen LogP contribution in [-0.4, -0.2) is 22.5 Å². The maximum Gasteiger partial charge on any atom is 0.343 e. The fourth-order valence-corrected chi connectivity index (χ4v) is 4.34. The molecule has 0 N–H and O–H groups in total. The van der Waals surface area contributed by atoms with E-state index in [4.69, 9.17) is 9.47 Å². The first-order valence-corrected chi connectivity index (χ1v) is 14.4. The molecule has 0 spiro atoms. The van der Waals surface area contributed by atoms with Gasteiger partial charge in [0.2, 0.25) is 0 Å². The van der Waals surface area contributed by atoms with E-state index >= 15 is 0 Å². The van der Waals surface area contributed by atoms with Gasteiger partial charge in [-0.3, -0.25) is 0 Å². The molecule has 0 saturated heterocycles. The maximum absolute atomic E-state index is 12.7. The van der Waals surface area contributed by atoms with Crippen LogP contribution in [0.1, 0.15) is 106 Å². The van der Waals surface area contributed by atoms with Crippen LogP contribution >= 0.6 is 0 Å². The molecule has 0 radical (unpaired) electrons. The highest BCUT2D eigenvalue weighted by atomic mass is 16.5. The number of aryl methyl sites for hydroxylation is 1. The zero-order valence-corrected chi connectivity index (χ0v) is 23.5. The molecular weight excluding hydrogens is 486 g/mol. The number of hydrogen-bond donors (Lipinski definition) is 0. The van der Waals surface area contributed by atoms with Crippen LogP contribution in [-0.2, 0) is 6.42 Å². The smallest absolute Gasteiger partial charge is 0.343 e. The molecule has 0 amide bonds. The van der Waals surface area contributed by atoms with E-state index in [1.54, 1.807) is 24.3 Å². The van der Waals surface area contributed by atoms with E-state index in [-0.39, 0.29) is 0 Å². The Morgan fingerprint density at radius 3 is 2.13 bits per heavy atom. The lowest BCUT2D eigenvalue weighted by molar-refractivity contribution is 0.0734. The van der Waals surface area contributed by atoms with E-state index in [0.29, 0.717) is 35.1 Å². The van der Waals surface area contributed by atoms with Crippen molar-refractivity contribution in [2.75, 3.05) is 6.61 Å². The number of nitrogens with zero attached hydrogens (tertiary/aromatic N) is 3. The lowest BCUT2D eigenvalue weighted by atomic mass is 10.1. The standard InChI is InChI=1S/C33H41N3O3/c1-3-5-7-9-10-11-13-21-38-31-20-17-28(22-29(31)23-34)33(37)39-30-18-15-27(16-19-30)32-35-24-26(25-36-32)14-12-8-6-4-2/h15-20,22,24-25H,3-14,21H2,1-2H3. The molecule has 0 unspecified atom stereocenters. The summed E-state index contributed by atoms with van der Waals surface area (Å²) >= 11 is 0. The van der Waals surface area contributed by atoms with Gasteiger partial charge in [0.1, 0.15) is 17.6 Å². The molecule has 206 valence electrons. The number of ether oxygens (including phenoxy) is 2. The molecule has 0 aliphatic heterocycles. The van der Waals surface area contributed by atoms with Crippen LogP contribution in [0.2, 0.25) is 0 Å². The van der Waals surface area contributed by atoms with E-state index in [9.17, 15) is 10.1 Å². The van der Waals surface area contributed by atoms with Crippen molar-refractivity contribution in [3.8, 4) is 29.0 Å². The van der Waals surface area contributed by atoms with Gasteiger partial charge in [0, 0.05) is 18.0 Å². The number of aromatic nitrogens is 2. The molecular formula is C33H41N3O3. The molecule has 0 saturated carbocycles. The molecule has 0 bridgehead atoms. The van der Waals surface area contributed by atoms with Gasteiger partial charge in [0.05, 0.1) is 17.7 Å². The van der Waals surface area contributed by atoms with E-state index in [1.165, 1.54) is 57.4 Å². The van der Waals surface area contributed by atoms with Crippen LogP contribution in [0.4, 0.5) is 0 Å². The second-order valence-corrected chi connectivity index (χ2v) is 9.93. The topological polar surface area (TPSA) is 85.1 Å². The summed E-state index contributed by atoms with van der Waals surface area (Å²) in [5.41, 5.74) is 2.62. The molecule has 3 aromatic rings. The van der Waals surface area contributed by atoms with Crippen LogP contribution in [0.3, 0.4) is 0 Å². The minimum absolute atomic E-state index is 0.303. The largest absolute Gasteiger partial charge is 0.492 e. The Hall–Kier alpha value is -3.72. The highest BCUT2D eigenvalue weighted by Crippen LogP contribution is 2.23. The predicted molar refractivity (Wildman–Crippen MR) is 155 cm³/mol. The molecule has 39 heavy (non-hydrogen) atoms. The normalized spacial score (nSPS) is 10.7. The van der Waals surface area contributed by atoms with Crippen LogP contribution in [0.25, 0.3) is 11.4 Å². The maximum atomic E-state index is 12.7. The van der Waals surface area contributed by atoms with Gasteiger partial charge in [0.15, 0.2) is 5.82 Å². The van der Waals surface area contributed by atoms with Crippen molar-refractivity contribution in [1.29, 1.82) is 5.26 Å². The molecule has 1 heterocycles. The second-order valence-electron chi connectivity index (χ2n) is 9.93. The number of hydrogen-bond acceptors (Lipinski definition) is 6. The minimum Gasteiger partial charge on any atom is -0.492 e. The summed E-state index contributed by atoms with van der Waals surface area (Å²) < 4.78 is 11.4. The summed E-state index contributed by atoms with van der Waals surface area (Å²) in [4.78, 5) is 21.7. The van der Waals surface area contributed by atoms with Gasteiger partial charge < -0.3 is 9.47 Å². The number of unbranched alkanes of at least 4 members (excludes halogenated alkanes) is 9. The number of carbonyl (C=O) groups excluding carboxylic acids is 1. The van der Waals surface area contributed by atoms with Gasteiger partial charge in [0.25, 0.3) is 0 Å². The summed E-state index contributed by atoms with van der Waals surface area (Å²) in [6, 6.07) is 14.1. The second kappa shape index (κ2) is 17.0. The molecule has 0 aliphatic carbocycles. The third-order valence-corrected chi connectivity index (χ3v) is 6.69. The first kappa shape index (κ1) is 29.8. The van der Waals surface area contributed by atoms with Crippen LogP contribution < -0.4 is 9.47 Å². The summed E-state index contributed by atoms with van der Waals surface area (Å²) in [5.74, 6) is 1.02. The molecule has 6 heteroatoms. The third-order valence-electron chi connectivity index (χ3n) is 6.69. The van der Waals surface area contributed by atoms with Crippen LogP contribution in [0.5, 0.6) is 11.5 Å². The summed E-state index contributed by atoms with van der Waals surface area (Å²) in [6.07, 6.45) is 18.0. The zero-order valence-electron chi connectivity index (χ0n) is 23.5. The predicted octanol–water partition coefficient (Wildman–Crippen LogP) is 8.49. The average molecular weight is 528 g/mol. The van der Waals surface area contributed by atoms with Crippen molar-refractivity contribution in [3.63, 3.8) is 0 Å². The van der Waals surface area contributed by atoms with E-state index < -0.39 is 5.97 Å². The Kier molecular flexibility index (Phi) is 13.0. The van der Waals surface area contributed by atoms with E-state index in [2.05, 4.69) is 29.9 Å². The van der Waals surface area contributed by atoms with E-state index in [0.717, 1.165) is 36.8 Å². The molecule has 0 atom stereocenters. The highest BCUT2D eigenvalue weighted by molar-refractivity contribution is 5.91. The number of nitriles is 1. The van der Waals surface area contributed by atoms with Crippen molar-refractivity contribution in [2.24, 2.45) is 0 Å². The summed E-state index contributed by atoms with van der Waals surface area (Å²) in [5, 5.41) is 9.56. The summed E-state index contributed by atoms with van der Waals surface area (Å²) in [6.45, 7) is 4.98. The van der Waals surface area contributed by atoms with Gasteiger partial charge in [-0.15, -0.1) is 0 Å². The number of benzene rings is 2. The number of carbonyl (C=O) groups is 1. The molecule has 0 aliphatic rings. The van der Waals surface area contributed by atoms with Crippen molar-refractivity contribution >= 4 is 5.97 Å². The number of rotatable bonds is 17. The average Bonchev–Trinajstić information content (AvgIpc) is 2.97. The van der Waals surface area contributed by atoms with Crippen LogP contribution in [0.15, 0.2) is 54.9 Å². The SMILES string of the molecule is CCCCCCCCCOc1ccc(C(=O)Oc2ccc(-c3ncc(CCCCCC)cn3)cc2)cc1C#N. The van der Waals surface area contributed by atoms with E-state index in [1.807, 2.05) is 24.5 Å². The van der Waals surface area contributed by atoms with Crippen LogP contribution in [0, 0.1) is 11.3 Å². The van der Waals surface area contributed by atoms with Crippen molar-refractivity contribution in [3.05, 3.63) is 71.5 Å². The van der Waals surface area contributed by atoms with Gasteiger partial charge in [-0.2, -0.15) is 5.26 Å². The first-order valence-electron chi connectivity index (χ1n) is 14.4. The fourth-order valence-electron chi connectivity index (χ4n) is 4.34. The molecule has 0 fully saturated rings. The lowest BCUT2D eigenvalue weighted by Gasteiger charge is -2.10. The monoisotopic (exact) mass is 527 g/mol. The Morgan fingerprint density at radius 1 is 0.821 bits per heavy atom. The zero-order chi connectivity index (χ0) is 27.7. The molecule has 6 nitrogen and oxygen atoms in total. The molecule has 1 aromatic heterocycles. The van der Waals surface area contributed by atoms with Crippen molar-refractivity contribution in [2.45, 2.75) is 90.9 Å². The highest BCUT2D eigenvalue weighted by Gasteiger charge is 2.13. The summed E-state index contributed by atoms with van der Waals surface area (Å²) in [7, 11) is 0. The minimum atomic E-state index is -0.526. The third kappa shape index (κ3) is 10.2. The molecule has 2 aromatic carbocycles. The van der Waals surface area contributed by atoms with Crippen molar-refractivity contribution < 1.29 is 14.3 Å². The first-order chi connectivity index (χ1) is 19.1. The Morgan fingerprint density at radius 2 is 1.46 bits per heavy atom. The van der Waals surface area contributed by atoms with Crippen molar-refractivity contribution in [1.82, 2.24) is 9.97 Å². The van der Waals surface area contributed by atoms with Gasteiger partial charge in [-0.05, 0) is 67.3 Å². The quantitative estimate of drug-likeness (QED) is 0.0994. The fraction of sp³-hybridized carbons (Fsp3) is 0.455. The number of esters is 1. The van der Waals surface area contributed by atoms with Gasteiger partial charge in [-0.25, -0.2) is 14.8 Å². The Bertz CT molecular complexity index is 1180. The Labute approximate surface area is 233 Å². The van der Waals surface area contributed by atoms with Gasteiger partial charge >= 0.3 is 5.97 Å².